The maximum Gasteiger partial charge on any atom is 0.248 e. The van der Waals surface area contributed by atoms with E-state index in [2.05, 4.69) is 31.3 Å². The minimum atomic E-state index is -0.520. The third kappa shape index (κ3) is 4.83. The zero-order chi connectivity index (χ0) is 20.1. The first-order chi connectivity index (χ1) is 13.5. The molecule has 146 valence electrons. The molecule has 0 saturated carbocycles. The molecule has 3 aromatic carbocycles. The SMILES string of the molecule is CC(C)CCNCc1ccc(Oc2ccc(C(N)=O)cc2Cl)c2ccccc12. The van der Waals surface area contributed by atoms with Crippen LogP contribution in [0.4, 0.5) is 0 Å². The van der Waals surface area contributed by atoms with E-state index < -0.39 is 5.91 Å². The first-order valence-electron chi connectivity index (χ1n) is 9.44. The standard InChI is InChI=1S/C23H25ClN2O2/c1-15(2)11-12-26-14-17-8-9-21(19-6-4-3-5-18(17)19)28-22-10-7-16(23(25)27)13-20(22)24/h3-10,13,15,26H,11-12,14H2,1-2H3,(H2,25,27). The molecule has 0 aromatic heterocycles. The highest BCUT2D eigenvalue weighted by Crippen LogP contribution is 2.35. The maximum atomic E-state index is 11.3. The summed E-state index contributed by atoms with van der Waals surface area (Å²) < 4.78 is 6.06. The Morgan fingerprint density at radius 3 is 2.46 bits per heavy atom. The first kappa shape index (κ1) is 20.2. The summed E-state index contributed by atoms with van der Waals surface area (Å²) in [5, 5.41) is 6.02. The van der Waals surface area contributed by atoms with Gasteiger partial charge in [-0.2, -0.15) is 0 Å². The number of halogens is 1. The summed E-state index contributed by atoms with van der Waals surface area (Å²) in [6.45, 7) is 6.25. The van der Waals surface area contributed by atoms with Crippen LogP contribution in [-0.4, -0.2) is 12.5 Å². The lowest BCUT2D eigenvalue weighted by Gasteiger charge is -2.14. The number of carbonyl (C=O) groups excluding carboxylic acids is 1. The average Bonchev–Trinajstić information content (AvgIpc) is 2.67. The molecular formula is C23H25ClN2O2. The van der Waals surface area contributed by atoms with E-state index in [1.165, 1.54) is 11.6 Å². The molecule has 0 aliphatic carbocycles. The number of hydrogen-bond acceptors (Lipinski definition) is 3. The predicted molar refractivity (Wildman–Crippen MR) is 115 cm³/mol. The number of rotatable bonds is 8. The van der Waals surface area contributed by atoms with Gasteiger partial charge in [0.05, 0.1) is 5.02 Å². The van der Waals surface area contributed by atoms with Crippen LogP contribution < -0.4 is 15.8 Å². The van der Waals surface area contributed by atoms with E-state index in [0.29, 0.717) is 22.3 Å². The van der Waals surface area contributed by atoms with Gasteiger partial charge >= 0.3 is 0 Å². The molecule has 0 aliphatic heterocycles. The molecule has 0 fully saturated rings. The maximum absolute atomic E-state index is 11.3. The summed E-state index contributed by atoms with van der Waals surface area (Å²) in [5.74, 6) is 1.37. The number of hydrogen-bond donors (Lipinski definition) is 2. The van der Waals surface area contributed by atoms with E-state index in [1.807, 2.05) is 24.3 Å². The van der Waals surface area contributed by atoms with Crippen LogP contribution in [0.15, 0.2) is 54.6 Å². The van der Waals surface area contributed by atoms with Crippen LogP contribution in [0.2, 0.25) is 5.02 Å². The molecule has 0 bridgehead atoms. The topological polar surface area (TPSA) is 64.3 Å². The van der Waals surface area contributed by atoms with Gasteiger partial charge in [-0.05, 0) is 54.1 Å². The third-order valence-electron chi connectivity index (χ3n) is 4.62. The minimum absolute atomic E-state index is 0.347. The quantitative estimate of drug-likeness (QED) is 0.492. The number of carbonyl (C=O) groups is 1. The van der Waals surface area contributed by atoms with Crippen molar-refractivity contribution in [3.8, 4) is 11.5 Å². The monoisotopic (exact) mass is 396 g/mol. The molecule has 0 spiro atoms. The largest absolute Gasteiger partial charge is 0.455 e. The van der Waals surface area contributed by atoms with Gasteiger partial charge in [0.1, 0.15) is 11.5 Å². The second kappa shape index (κ2) is 9.09. The van der Waals surface area contributed by atoms with E-state index in [9.17, 15) is 4.79 Å². The summed E-state index contributed by atoms with van der Waals surface area (Å²) in [6, 6.07) is 17.0. The summed E-state index contributed by atoms with van der Waals surface area (Å²) in [5.41, 5.74) is 6.87. The number of amides is 1. The molecule has 0 aliphatic rings. The van der Waals surface area contributed by atoms with Gasteiger partial charge in [0.25, 0.3) is 0 Å². The Hall–Kier alpha value is -2.56. The number of benzene rings is 3. The highest BCUT2D eigenvalue weighted by Gasteiger charge is 2.11. The second-order valence-electron chi connectivity index (χ2n) is 7.24. The molecule has 3 N–H and O–H groups in total. The molecule has 3 rings (SSSR count). The Bertz CT molecular complexity index is 985. The summed E-state index contributed by atoms with van der Waals surface area (Å²) in [6.07, 6.45) is 1.15. The lowest BCUT2D eigenvalue weighted by Crippen LogP contribution is -2.16. The summed E-state index contributed by atoms with van der Waals surface area (Å²) >= 11 is 6.27. The Morgan fingerprint density at radius 2 is 1.79 bits per heavy atom. The normalized spacial score (nSPS) is 11.1. The molecule has 1 amide bonds. The molecule has 0 atom stereocenters. The Kier molecular flexibility index (Phi) is 6.55. The van der Waals surface area contributed by atoms with Crippen molar-refractivity contribution in [3.05, 3.63) is 70.7 Å². The molecule has 0 radical (unpaired) electrons. The number of ether oxygens (including phenoxy) is 1. The molecule has 0 saturated heterocycles. The van der Waals surface area contributed by atoms with Crippen LogP contribution in [0.5, 0.6) is 11.5 Å². The predicted octanol–water partition coefficient (Wildman–Crippen LogP) is 5.52. The Labute approximate surface area is 170 Å². The van der Waals surface area contributed by atoms with Crippen LogP contribution in [-0.2, 0) is 6.54 Å². The fraction of sp³-hybridized carbons (Fsp3) is 0.261. The smallest absolute Gasteiger partial charge is 0.248 e. The molecule has 4 nitrogen and oxygen atoms in total. The number of fused-ring (bicyclic) bond motifs is 1. The van der Waals surface area contributed by atoms with Crippen LogP contribution >= 0.6 is 11.6 Å². The van der Waals surface area contributed by atoms with Crippen molar-refractivity contribution in [1.82, 2.24) is 5.32 Å². The third-order valence-corrected chi connectivity index (χ3v) is 4.92. The van der Waals surface area contributed by atoms with Gasteiger partial charge in [-0.25, -0.2) is 0 Å². The van der Waals surface area contributed by atoms with Crippen molar-refractivity contribution < 1.29 is 9.53 Å². The zero-order valence-electron chi connectivity index (χ0n) is 16.2. The molecule has 3 aromatic rings. The van der Waals surface area contributed by atoms with Gasteiger partial charge in [-0.1, -0.05) is 55.8 Å². The second-order valence-corrected chi connectivity index (χ2v) is 7.65. The summed E-state index contributed by atoms with van der Waals surface area (Å²) in [4.78, 5) is 11.3. The van der Waals surface area contributed by atoms with Crippen molar-refractivity contribution in [2.24, 2.45) is 11.7 Å². The van der Waals surface area contributed by atoms with E-state index in [4.69, 9.17) is 22.1 Å². The molecule has 5 heteroatoms. The first-order valence-corrected chi connectivity index (χ1v) is 9.82. The molecule has 0 unspecified atom stereocenters. The van der Waals surface area contributed by atoms with E-state index in [0.717, 1.165) is 36.0 Å². The van der Waals surface area contributed by atoms with Gasteiger partial charge in [0, 0.05) is 17.5 Å². The summed E-state index contributed by atoms with van der Waals surface area (Å²) in [7, 11) is 0. The van der Waals surface area contributed by atoms with Gasteiger partial charge < -0.3 is 15.8 Å². The molecular weight excluding hydrogens is 372 g/mol. The van der Waals surface area contributed by atoms with Crippen molar-refractivity contribution in [3.63, 3.8) is 0 Å². The highest BCUT2D eigenvalue weighted by molar-refractivity contribution is 6.32. The zero-order valence-corrected chi connectivity index (χ0v) is 16.9. The van der Waals surface area contributed by atoms with Crippen LogP contribution in [0.25, 0.3) is 10.8 Å². The van der Waals surface area contributed by atoms with Gasteiger partial charge in [-0.15, -0.1) is 0 Å². The lowest BCUT2D eigenvalue weighted by atomic mass is 10.0. The van der Waals surface area contributed by atoms with E-state index >= 15 is 0 Å². The van der Waals surface area contributed by atoms with Crippen molar-refractivity contribution in [2.45, 2.75) is 26.8 Å². The van der Waals surface area contributed by atoms with Gasteiger partial charge in [0.2, 0.25) is 5.91 Å². The number of nitrogens with one attached hydrogen (secondary N) is 1. The van der Waals surface area contributed by atoms with E-state index in [1.54, 1.807) is 12.1 Å². The lowest BCUT2D eigenvalue weighted by molar-refractivity contribution is 0.100. The minimum Gasteiger partial charge on any atom is -0.455 e. The average molecular weight is 397 g/mol. The van der Waals surface area contributed by atoms with E-state index in [-0.39, 0.29) is 0 Å². The van der Waals surface area contributed by atoms with Crippen molar-refractivity contribution in [2.75, 3.05) is 6.54 Å². The molecule has 0 heterocycles. The number of nitrogens with two attached hydrogens (primary N) is 1. The molecule has 28 heavy (non-hydrogen) atoms. The van der Waals surface area contributed by atoms with Crippen molar-refractivity contribution in [1.29, 1.82) is 0 Å². The Morgan fingerprint density at radius 1 is 1.07 bits per heavy atom. The Balaban J connectivity index is 1.85. The van der Waals surface area contributed by atoms with Crippen LogP contribution in [0.3, 0.4) is 0 Å². The van der Waals surface area contributed by atoms with Gasteiger partial charge in [0.15, 0.2) is 0 Å². The van der Waals surface area contributed by atoms with Crippen LogP contribution in [0, 0.1) is 5.92 Å². The highest BCUT2D eigenvalue weighted by atomic mass is 35.5. The van der Waals surface area contributed by atoms with Crippen molar-refractivity contribution >= 4 is 28.3 Å². The fourth-order valence-corrected chi connectivity index (χ4v) is 3.27. The van der Waals surface area contributed by atoms with Gasteiger partial charge in [-0.3, -0.25) is 4.79 Å². The fourth-order valence-electron chi connectivity index (χ4n) is 3.05. The van der Waals surface area contributed by atoms with Crippen LogP contribution in [0.1, 0.15) is 36.2 Å². The number of primary amides is 1.